The van der Waals surface area contributed by atoms with Gasteiger partial charge in [0.25, 0.3) is 47.3 Å². The zero-order chi connectivity index (χ0) is 53.2. The average Bonchev–Trinajstić information content (AvgIpc) is 2.69. The molecular weight excluding hydrogens is 977 g/mol. The molecule has 12 aromatic rings. The van der Waals surface area contributed by atoms with Crippen LogP contribution in [0, 0.1) is 0 Å². The Morgan fingerprint density at radius 1 is 0.244 bits per heavy atom. The molecule has 4 aliphatic heterocycles. The van der Waals surface area contributed by atoms with Gasteiger partial charge in [0, 0.05) is 93.2 Å². The van der Waals surface area contributed by atoms with Crippen molar-refractivity contribution in [3.63, 3.8) is 0 Å². The van der Waals surface area contributed by atoms with Crippen LogP contribution in [0.1, 0.15) is 94.0 Å². The number of hydrogen-bond donors (Lipinski definition) is 0. The second-order valence-corrected chi connectivity index (χ2v) is 20.6. The zero-order valence-corrected chi connectivity index (χ0v) is 41.9. The maximum absolute atomic E-state index is 13.8. The summed E-state index contributed by atoms with van der Waals surface area (Å²) >= 11 is 0. The maximum Gasteiger partial charge on any atom is 0.261 e. The highest BCUT2D eigenvalue weighted by molar-refractivity contribution is 6.43. The topological polar surface area (TPSA) is 150 Å². The molecule has 12 nitrogen and oxygen atoms in total. The summed E-state index contributed by atoms with van der Waals surface area (Å²) in [6.07, 6.45) is 1.16. The van der Waals surface area contributed by atoms with E-state index in [4.69, 9.17) is 0 Å². The van der Waals surface area contributed by atoms with Crippen LogP contribution in [0.15, 0.2) is 158 Å². The van der Waals surface area contributed by atoms with E-state index >= 15 is 0 Å². The summed E-state index contributed by atoms with van der Waals surface area (Å²) in [7, 11) is 2.99. The minimum Gasteiger partial charge on any atom is -0.277 e. The van der Waals surface area contributed by atoms with Crippen molar-refractivity contribution in [1.29, 1.82) is 0 Å². The number of nitrogens with zero attached hydrogens (tertiary/aromatic N) is 4. The molecule has 0 aliphatic carbocycles. The third kappa shape index (κ3) is 5.93. The highest BCUT2D eigenvalue weighted by atomic mass is 16.2. The SMILES string of the molecule is CN1C(=O)c2ccc3c4ccc5c6c(ccc(c7ccc(c2c37)C1=O)c64)C(=O)N(C)C5=O.O=C1c2ccc3c4ccc5c6c(ccc(c7ccc(c2c37)C(=O)N1CCc1ccccc1)c64)C(=O)N(CCc1ccccc1)C5=O. The smallest absolute Gasteiger partial charge is 0.261 e. The summed E-state index contributed by atoms with van der Waals surface area (Å²) in [5.74, 6) is -2.44. The lowest BCUT2D eigenvalue weighted by Crippen LogP contribution is -2.41. The van der Waals surface area contributed by atoms with Gasteiger partial charge in [0.05, 0.1) is 0 Å². The van der Waals surface area contributed by atoms with Gasteiger partial charge in [-0.25, -0.2) is 0 Å². The van der Waals surface area contributed by atoms with Crippen molar-refractivity contribution in [3.05, 3.63) is 213 Å². The van der Waals surface area contributed by atoms with E-state index in [1.807, 2.05) is 133 Å². The van der Waals surface area contributed by atoms with Crippen LogP contribution in [0.5, 0.6) is 0 Å². The van der Waals surface area contributed by atoms with Gasteiger partial charge >= 0.3 is 0 Å². The Bertz CT molecular complexity index is 4290. The molecule has 8 amide bonds. The molecule has 0 bridgehead atoms. The number of hydrogen-bond acceptors (Lipinski definition) is 8. The molecule has 0 spiro atoms. The largest absolute Gasteiger partial charge is 0.277 e. The lowest BCUT2D eigenvalue weighted by atomic mass is 9.82. The Morgan fingerprint density at radius 2 is 0.449 bits per heavy atom. The molecule has 0 aromatic heterocycles. The van der Waals surface area contributed by atoms with Crippen LogP contribution in [-0.2, 0) is 12.8 Å². The van der Waals surface area contributed by atoms with Crippen molar-refractivity contribution in [1.82, 2.24) is 19.6 Å². The Kier molecular flexibility index (Phi) is 9.36. The molecule has 0 saturated carbocycles. The Hall–Kier alpha value is -10.2. The number of amides is 8. The zero-order valence-electron chi connectivity index (χ0n) is 41.9. The molecule has 0 atom stereocenters. The van der Waals surface area contributed by atoms with Gasteiger partial charge in [0.15, 0.2) is 0 Å². The molecule has 0 fully saturated rings. The van der Waals surface area contributed by atoms with Gasteiger partial charge in [-0.1, -0.05) is 109 Å². The first-order valence-electron chi connectivity index (χ1n) is 25.8. The van der Waals surface area contributed by atoms with Gasteiger partial charge in [-0.15, -0.1) is 0 Å². The van der Waals surface area contributed by atoms with E-state index in [1.54, 1.807) is 24.3 Å². The molecule has 0 saturated heterocycles. The molecule has 12 aromatic carbocycles. The fourth-order valence-corrected chi connectivity index (χ4v) is 13.1. The van der Waals surface area contributed by atoms with Crippen molar-refractivity contribution in [2.45, 2.75) is 12.8 Å². The summed E-state index contributed by atoms with van der Waals surface area (Å²) in [4.78, 5) is 112. The molecule has 0 unspecified atom stereocenters. The predicted molar refractivity (Wildman–Crippen MR) is 299 cm³/mol. The van der Waals surface area contributed by atoms with E-state index in [0.717, 1.165) is 85.6 Å². The van der Waals surface area contributed by atoms with Gasteiger partial charge in [-0.05, 0) is 137 Å². The first-order valence-corrected chi connectivity index (χ1v) is 25.8. The van der Waals surface area contributed by atoms with Crippen molar-refractivity contribution < 1.29 is 38.4 Å². The lowest BCUT2D eigenvalue weighted by molar-refractivity contribution is 0.0597. The number of fused-ring (bicyclic) bond motifs is 4. The van der Waals surface area contributed by atoms with E-state index in [1.165, 1.54) is 23.9 Å². The Balaban J connectivity index is 0.000000145. The second kappa shape index (κ2) is 16.2. The first-order chi connectivity index (χ1) is 37.9. The number of carbonyl (C=O) groups is 8. The van der Waals surface area contributed by atoms with Crippen LogP contribution in [0.3, 0.4) is 0 Å². The fraction of sp³-hybridized carbons (Fsp3) is 0.0909. The number of imide groups is 4. The average molecular weight is 1020 g/mol. The lowest BCUT2D eigenvalue weighted by Gasteiger charge is -2.30. The van der Waals surface area contributed by atoms with Crippen LogP contribution in [-0.4, -0.2) is 94.0 Å². The van der Waals surface area contributed by atoms with E-state index in [2.05, 4.69) is 0 Å². The standard InChI is InChI=1S/C40H26N2O4.C26H14N2O4/c43-37-29-15-11-25-27-13-17-31-36-32(40(46)42(39(31)45)22-20-24-9-5-2-6-10-24)18-14-28(34(27)36)26-12-16-30(35(29)33(25)26)38(44)41(37)21-19-23-7-3-1-4-8-23;1-27-23(29)15-7-3-11-13-5-9-17-22-18(26(32)28(2)25(17)31)10-6-14(20(13)22)12-4-8-16(24(27)30)21(15)19(11)12/h1-18H,19-22H2;3-10H,1-2H3. The third-order valence-corrected chi connectivity index (χ3v) is 16.8. The molecule has 4 heterocycles. The van der Waals surface area contributed by atoms with E-state index in [9.17, 15) is 38.4 Å². The van der Waals surface area contributed by atoms with E-state index in [0.29, 0.717) is 92.0 Å². The number of carbonyl (C=O) groups excluding carboxylic acids is 8. The van der Waals surface area contributed by atoms with Crippen molar-refractivity contribution >= 4 is 133 Å². The minimum atomic E-state index is -0.318. The Labute approximate surface area is 442 Å². The summed E-state index contributed by atoms with van der Waals surface area (Å²) in [6.45, 7) is 0.592. The van der Waals surface area contributed by atoms with Crippen molar-refractivity contribution in [3.8, 4) is 0 Å². The van der Waals surface area contributed by atoms with Crippen LogP contribution >= 0.6 is 0 Å². The van der Waals surface area contributed by atoms with Gasteiger partial charge in [0.2, 0.25) is 0 Å². The number of benzene rings is 12. The molecule has 78 heavy (non-hydrogen) atoms. The van der Waals surface area contributed by atoms with Crippen LogP contribution in [0.2, 0.25) is 0 Å². The molecule has 0 N–H and O–H groups in total. The summed E-state index contributed by atoms with van der Waals surface area (Å²) in [5.41, 5.74) is 6.18. The first kappa shape index (κ1) is 45.2. The minimum absolute atomic E-state index is 0.292. The summed E-state index contributed by atoms with van der Waals surface area (Å²) < 4.78 is 0. The summed E-state index contributed by atoms with van der Waals surface area (Å²) in [5, 5.41) is 13.2. The van der Waals surface area contributed by atoms with Gasteiger partial charge in [0.1, 0.15) is 0 Å². The molecule has 372 valence electrons. The van der Waals surface area contributed by atoms with Crippen LogP contribution in [0.4, 0.5) is 0 Å². The maximum atomic E-state index is 13.8. The number of rotatable bonds is 6. The van der Waals surface area contributed by atoms with Gasteiger partial charge < -0.3 is 0 Å². The highest BCUT2D eigenvalue weighted by Crippen LogP contribution is 2.48. The third-order valence-electron chi connectivity index (χ3n) is 16.8. The van der Waals surface area contributed by atoms with E-state index < -0.39 is 0 Å². The van der Waals surface area contributed by atoms with Crippen LogP contribution in [0.25, 0.3) is 86.2 Å². The van der Waals surface area contributed by atoms with Crippen LogP contribution < -0.4 is 0 Å². The van der Waals surface area contributed by atoms with Gasteiger partial charge in [-0.2, -0.15) is 0 Å². The highest BCUT2D eigenvalue weighted by Gasteiger charge is 2.38. The normalized spacial score (nSPS) is 15.1. The molecule has 12 heteroatoms. The summed E-state index contributed by atoms with van der Waals surface area (Å²) in [6, 6.07) is 49.4. The predicted octanol–water partition coefficient (Wildman–Crippen LogP) is 11.6. The molecule has 16 rings (SSSR count). The van der Waals surface area contributed by atoms with Crippen molar-refractivity contribution in [2.24, 2.45) is 0 Å². The fourth-order valence-electron chi connectivity index (χ4n) is 13.1. The van der Waals surface area contributed by atoms with Gasteiger partial charge in [-0.3, -0.25) is 58.0 Å². The molecule has 0 radical (unpaired) electrons. The quantitative estimate of drug-likeness (QED) is 0.0908. The Morgan fingerprint density at radius 3 is 0.667 bits per heavy atom. The van der Waals surface area contributed by atoms with Crippen molar-refractivity contribution in [2.75, 3.05) is 27.2 Å². The monoisotopic (exact) mass is 1020 g/mol. The molecular formula is C66H40N4O8. The molecule has 4 aliphatic rings. The van der Waals surface area contributed by atoms with E-state index in [-0.39, 0.29) is 47.3 Å². The second-order valence-electron chi connectivity index (χ2n) is 20.6.